The van der Waals surface area contributed by atoms with Crippen LogP contribution < -0.4 is 5.32 Å². The fourth-order valence-corrected chi connectivity index (χ4v) is 5.87. The highest BCUT2D eigenvalue weighted by Gasteiger charge is 2.68. The van der Waals surface area contributed by atoms with Crippen molar-refractivity contribution in [1.82, 2.24) is 5.32 Å². The summed E-state index contributed by atoms with van der Waals surface area (Å²) in [6.45, 7) is 8.85. The van der Waals surface area contributed by atoms with Crippen LogP contribution in [-0.4, -0.2) is 64.8 Å². The van der Waals surface area contributed by atoms with Crippen molar-refractivity contribution in [3.63, 3.8) is 0 Å². The molecule has 206 valence electrons. The fraction of sp³-hybridized carbons (Fsp3) is 0.517. The molecule has 9 nitrogen and oxygen atoms in total. The molecule has 9 heteroatoms. The lowest BCUT2D eigenvalue weighted by Gasteiger charge is -2.48. The normalized spacial score (nSPS) is 31.2. The molecule has 1 saturated carbocycles. The lowest BCUT2D eigenvalue weighted by Crippen LogP contribution is -2.61. The SMILES string of the molecule is C=C1C(C)C2C(Cc3ccccc3)NC(=O)C2(OC(=O)OC)C(C=CCC(C)C(=O)C(C)(O)CC=O)C1O. The van der Waals surface area contributed by atoms with Crippen LogP contribution in [0.15, 0.2) is 54.6 Å². The maximum atomic E-state index is 13.7. The first-order chi connectivity index (χ1) is 17.9. The maximum Gasteiger partial charge on any atom is 0.509 e. The number of aldehydes is 1. The number of carbonyl (C=O) groups is 4. The minimum absolute atomic E-state index is 0.160. The molecule has 1 amide bonds. The van der Waals surface area contributed by atoms with E-state index < -0.39 is 58.9 Å². The number of hydrogen-bond donors (Lipinski definition) is 3. The number of nitrogens with one attached hydrogen (secondary N) is 1. The van der Waals surface area contributed by atoms with E-state index in [0.717, 1.165) is 12.7 Å². The molecule has 1 aromatic rings. The summed E-state index contributed by atoms with van der Waals surface area (Å²) in [7, 11) is 1.15. The molecule has 1 heterocycles. The lowest BCUT2D eigenvalue weighted by molar-refractivity contribution is -0.159. The van der Waals surface area contributed by atoms with Crippen LogP contribution in [0.1, 0.15) is 39.2 Å². The van der Waals surface area contributed by atoms with Gasteiger partial charge in [-0.1, -0.05) is 62.9 Å². The van der Waals surface area contributed by atoms with E-state index in [1.165, 1.54) is 6.92 Å². The number of aliphatic hydroxyl groups excluding tert-OH is 1. The lowest BCUT2D eigenvalue weighted by atomic mass is 9.59. The molecule has 0 bridgehead atoms. The summed E-state index contributed by atoms with van der Waals surface area (Å²) >= 11 is 0. The highest BCUT2D eigenvalue weighted by molar-refractivity contribution is 5.92. The molecule has 2 fully saturated rings. The van der Waals surface area contributed by atoms with Crippen molar-refractivity contribution < 1.29 is 38.9 Å². The second-order valence-corrected chi connectivity index (χ2v) is 10.6. The molecule has 1 saturated heterocycles. The Balaban J connectivity index is 1.98. The van der Waals surface area contributed by atoms with Gasteiger partial charge in [0.25, 0.3) is 5.91 Å². The zero-order valence-corrected chi connectivity index (χ0v) is 22.3. The van der Waals surface area contributed by atoms with Crippen LogP contribution in [0.2, 0.25) is 0 Å². The van der Waals surface area contributed by atoms with Crippen molar-refractivity contribution in [2.24, 2.45) is 23.7 Å². The Morgan fingerprint density at radius 1 is 1.29 bits per heavy atom. The van der Waals surface area contributed by atoms with Crippen molar-refractivity contribution in [3.05, 3.63) is 60.2 Å². The molecule has 3 rings (SSSR count). The fourth-order valence-electron chi connectivity index (χ4n) is 5.87. The van der Waals surface area contributed by atoms with Gasteiger partial charge < -0.3 is 29.8 Å². The summed E-state index contributed by atoms with van der Waals surface area (Å²) in [4.78, 5) is 49.6. The first-order valence-electron chi connectivity index (χ1n) is 12.8. The van der Waals surface area contributed by atoms with Crippen molar-refractivity contribution >= 4 is 24.1 Å². The molecule has 0 radical (unpaired) electrons. The van der Waals surface area contributed by atoms with Gasteiger partial charge in [-0.15, -0.1) is 0 Å². The van der Waals surface area contributed by atoms with E-state index in [4.69, 9.17) is 9.47 Å². The van der Waals surface area contributed by atoms with Crippen molar-refractivity contribution in [1.29, 1.82) is 0 Å². The Morgan fingerprint density at radius 2 is 1.95 bits per heavy atom. The molecule has 2 aliphatic rings. The second-order valence-electron chi connectivity index (χ2n) is 10.6. The van der Waals surface area contributed by atoms with Crippen LogP contribution in [0.3, 0.4) is 0 Å². The number of aliphatic hydroxyl groups is 2. The van der Waals surface area contributed by atoms with Gasteiger partial charge in [-0.05, 0) is 36.8 Å². The minimum atomic E-state index is -1.79. The Kier molecular flexibility index (Phi) is 8.94. The molecular weight excluding hydrogens is 490 g/mol. The zero-order chi connectivity index (χ0) is 28.3. The number of ether oxygens (including phenoxy) is 2. The molecule has 1 aliphatic heterocycles. The molecule has 0 aromatic heterocycles. The molecule has 8 unspecified atom stereocenters. The monoisotopic (exact) mass is 527 g/mol. The third-order valence-corrected chi connectivity index (χ3v) is 7.95. The highest BCUT2D eigenvalue weighted by atomic mass is 16.7. The summed E-state index contributed by atoms with van der Waals surface area (Å²) in [5.41, 5.74) is -2.09. The standard InChI is InChI=1S/C29H37NO8/c1-17(25(33)28(4,36)14-15-31)10-9-13-21-24(32)19(3)18(2)23-22(16-20-11-7-6-8-12-20)30-26(34)29(21,23)38-27(35)37-5/h6-9,11-13,15,17-18,21-24,32,36H,3,10,14,16H2,1-2,4-5H3,(H,30,34). The van der Waals surface area contributed by atoms with E-state index in [-0.39, 0.29) is 18.8 Å². The number of benzene rings is 1. The highest BCUT2D eigenvalue weighted by Crippen LogP contribution is 2.52. The molecule has 38 heavy (non-hydrogen) atoms. The van der Waals surface area contributed by atoms with Crippen LogP contribution in [0.25, 0.3) is 0 Å². The molecule has 0 spiro atoms. The van der Waals surface area contributed by atoms with Gasteiger partial charge in [0.2, 0.25) is 5.60 Å². The van der Waals surface area contributed by atoms with E-state index in [2.05, 4.69) is 11.9 Å². The number of methoxy groups -OCH3 is 1. The summed E-state index contributed by atoms with van der Waals surface area (Å²) < 4.78 is 10.5. The Hall–Kier alpha value is -3.30. The number of ketones is 1. The second kappa shape index (κ2) is 11.6. The summed E-state index contributed by atoms with van der Waals surface area (Å²) in [6, 6.07) is 9.17. The molecular formula is C29H37NO8. The van der Waals surface area contributed by atoms with Gasteiger partial charge in [-0.2, -0.15) is 0 Å². The summed E-state index contributed by atoms with van der Waals surface area (Å²) in [5, 5.41) is 24.6. The predicted octanol–water partition coefficient (Wildman–Crippen LogP) is 2.54. The Bertz CT molecular complexity index is 1100. The van der Waals surface area contributed by atoms with Crippen molar-refractivity contribution in [3.8, 4) is 0 Å². The van der Waals surface area contributed by atoms with Crippen molar-refractivity contribution in [2.45, 2.75) is 63.4 Å². The zero-order valence-electron chi connectivity index (χ0n) is 22.3. The van der Waals surface area contributed by atoms with Gasteiger partial charge in [-0.25, -0.2) is 4.79 Å². The van der Waals surface area contributed by atoms with Crippen LogP contribution in [-0.2, 0) is 30.3 Å². The number of rotatable bonds is 10. The van der Waals surface area contributed by atoms with E-state index in [1.54, 1.807) is 19.1 Å². The molecule has 1 aliphatic carbocycles. The van der Waals surface area contributed by atoms with E-state index in [1.807, 2.05) is 37.3 Å². The molecule has 3 N–H and O–H groups in total. The predicted molar refractivity (Wildman–Crippen MR) is 139 cm³/mol. The van der Waals surface area contributed by atoms with Crippen LogP contribution >= 0.6 is 0 Å². The Labute approximate surface area is 222 Å². The van der Waals surface area contributed by atoms with Crippen LogP contribution in [0.5, 0.6) is 0 Å². The number of allylic oxidation sites excluding steroid dienone is 1. The van der Waals surface area contributed by atoms with Gasteiger partial charge >= 0.3 is 6.16 Å². The van der Waals surface area contributed by atoms with Gasteiger partial charge in [0.1, 0.15) is 11.9 Å². The average Bonchev–Trinajstić information content (AvgIpc) is 3.15. The molecule has 8 atom stereocenters. The summed E-state index contributed by atoms with van der Waals surface area (Å²) in [5.74, 6) is -3.65. The molecule has 1 aromatic carbocycles. The quantitative estimate of drug-likeness (QED) is 0.240. The van der Waals surface area contributed by atoms with Gasteiger partial charge in [0.05, 0.1) is 19.1 Å². The van der Waals surface area contributed by atoms with Crippen molar-refractivity contribution in [2.75, 3.05) is 7.11 Å². The van der Waals surface area contributed by atoms with E-state index in [9.17, 15) is 29.4 Å². The van der Waals surface area contributed by atoms with Crippen LogP contribution in [0, 0.1) is 23.7 Å². The smallest absolute Gasteiger partial charge is 0.438 e. The summed E-state index contributed by atoms with van der Waals surface area (Å²) in [6.07, 6.45) is 1.73. The van der Waals surface area contributed by atoms with Gasteiger partial charge in [0.15, 0.2) is 5.78 Å². The van der Waals surface area contributed by atoms with Gasteiger partial charge in [0, 0.05) is 24.3 Å². The minimum Gasteiger partial charge on any atom is -0.438 e. The van der Waals surface area contributed by atoms with Gasteiger partial charge in [-0.3, -0.25) is 9.59 Å². The third-order valence-electron chi connectivity index (χ3n) is 7.95. The largest absolute Gasteiger partial charge is 0.509 e. The third kappa shape index (κ3) is 5.44. The first-order valence-corrected chi connectivity index (χ1v) is 12.8. The average molecular weight is 528 g/mol. The number of fused-ring (bicyclic) bond motifs is 1. The topological polar surface area (TPSA) is 139 Å². The maximum absolute atomic E-state index is 13.7. The number of hydrogen-bond acceptors (Lipinski definition) is 8. The van der Waals surface area contributed by atoms with Crippen LogP contribution in [0.4, 0.5) is 4.79 Å². The van der Waals surface area contributed by atoms with E-state index in [0.29, 0.717) is 18.3 Å². The number of amides is 1. The number of Topliss-reactive ketones (excluding diaryl/α,β-unsaturated/α-hetero) is 1. The Morgan fingerprint density at radius 3 is 2.55 bits per heavy atom. The number of carbonyl (C=O) groups excluding carboxylic acids is 4. The van der Waals surface area contributed by atoms with E-state index >= 15 is 0 Å². The first kappa shape index (κ1) is 29.3.